The molecule has 0 aliphatic carbocycles. The maximum Gasteiger partial charge on any atom is 0.185 e. The number of ether oxygens (including phenoxy) is 1. The van der Waals surface area contributed by atoms with Crippen molar-refractivity contribution in [3.8, 4) is 17.1 Å². The lowest BCUT2D eigenvalue weighted by molar-refractivity contribution is 0.110. The molecule has 7 heteroatoms. The van der Waals surface area contributed by atoms with Crippen molar-refractivity contribution < 1.29 is 18.3 Å². The van der Waals surface area contributed by atoms with Crippen LogP contribution in [0, 0.1) is 5.82 Å². The Labute approximate surface area is 188 Å². The zero-order valence-corrected chi connectivity index (χ0v) is 17.4. The van der Waals surface area contributed by atoms with Gasteiger partial charge in [-0.05, 0) is 48.0 Å². The largest absolute Gasteiger partial charge is 0.489 e. The van der Waals surface area contributed by atoms with Crippen LogP contribution in [-0.2, 0) is 6.61 Å². The van der Waals surface area contributed by atoms with E-state index in [0.29, 0.717) is 29.6 Å². The first-order chi connectivity index (χ1) is 16.2. The Kier molecular flexibility index (Phi) is 5.51. The zero-order chi connectivity index (χ0) is 22.6. The number of carbonyl (C=O) groups excluding carboxylic acids is 1. The average molecular weight is 439 g/mol. The van der Waals surface area contributed by atoms with E-state index in [0.717, 1.165) is 17.0 Å². The molecule has 0 atom stereocenters. The minimum Gasteiger partial charge on any atom is -0.489 e. The summed E-state index contributed by atoms with van der Waals surface area (Å²) in [7, 11) is 0. The van der Waals surface area contributed by atoms with Crippen LogP contribution in [0.15, 0.2) is 89.6 Å². The molecule has 0 amide bonds. The third-order valence-corrected chi connectivity index (χ3v) is 5.10. The molecule has 2 heterocycles. The van der Waals surface area contributed by atoms with Crippen LogP contribution in [0.4, 0.5) is 15.9 Å². The number of anilines is 2. The monoisotopic (exact) mass is 439 g/mol. The highest BCUT2D eigenvalue weighted by molar-refractivity contribution is 5.93. The molecule has 0 saturated carbocycles. The minimum atomic E-state index is -0.501. The molecule has 5 aromatic rings. The first-order valence-electron chi connectivity index (χ1n) is 10.2. The molecule has 1 N–H and O–H groups in total. The molecule has 6 nitrogen and oxygen atoms in total. The van der Waals surface area contributed by atoms with Gasteiger partial charge in [0.2, 0.25) is 0 Å². The maximum atomic E-state index is 14.7. The van der Waals surface area contributed by atoms with Crippen molar-refractivity contribution in [2.24, 2.45) is 0 Å². The zero-order valence-electron chi connectivity index (χ0n) is 17.4. The number of fused-ring (bicyclic) bond motifs is 1. The third kappa shape index (κ3) is 4.43. The maximum absolute atomic E-state index is 14.7. The molecule has 2 aromatic heterocycles. The van der Waals surface area contributed by atoms with Gasteiger partial charge < -0.3 is 14.5 Å². The van der Waals surface area contributed by atoms with Gasteiger partial charge in [-0.15, -0.1) is 0 Å². The molecule has 0 radical (unpaired) electrons. The molecule has 3 aromatic carbocycles. The second-order valence-electron chi connectivity index (χ2n) is 7.31. The van der Waals surface area contributed by atoms with Gasteiger partial charge in [0.25, 0.3) is 0 Å². The average Bonchev–Trinajstić information content (AvgIpc) is 3.33. The highest BCUT2D eigenvalue weighted by Crippen LogP contribution is 2.32. The lowest BCUT2D eigenvalue weighted by Gasteiger charge is -2.11. The quantitative estimate of drug-likeness (QED) is 0.306. The van der Waals surface area contributed by atoms with Crippen LogP contribution in [0.25, 0.3) is 22.2 Å². The number of aromatic nitrogens is 2. The van der Waals surface area contributed by atoms with Crippen molar-refractivity contribution >= 4 is 28.7 Å². The second-order valence-corrected chi connectivity index (χ2v) is 7.31. The normalized spacial score (nSPS) is 10.8. The highest BCUT2D eigenvalue weighted by Gasteiger charge is 2.14. The van der Waals surface area contributed by atoms with E-state index < -0.39 is 5.82 Å². The van der Waals surface area contributed by atoms with E-state index in [9.17, 15) is 9.18 Å². The summed E-state index contributed by atoms with van der Waals surface area (Å²) in [6.45, 7) is 0.483. The summed E-state index contributed by atoms with van der Waals surface area (Å²) in [5.74, 6) is 1.14. The summed E-state index contributed by atoms with van der Waals surface area (Å²) in [6, 6.07) is 23.4. The molecular weight excluding hydrogens is 421 g/mol. The molecule has 0 unspecified atom stereocenters. The fourth-order valence-corrected chi connectivity index (χ4v) is 3.44. The first-order valence-corrected chi connectivity index (χ1v) is 10.2. The van der Waals surface area contributed by atoms with E-state index in [1.54, 1.807) is 12.1 Å². The Hall–Kier alpha value is -4.52. The lowest BCUT2D eigenvalue weighted by atomic mass is 10.1. The number of carbonyl (C=O) groups is 1. The highest BCUT2D eigenvalue weighted by atomic mass is 19.1. The molecule has 33 heavy (non-hydrogen) atoms. The fourth-order valence-electron chi connectivity index (χ4n) is 3.44. The number of benzene rings is 3. The van der Waals surface area contributed by atoms with Crippen molar-refractivity contribution in [1.29, 1.82) is 0 Å². The standard InChI is InChI=1S/C26H18FN3O3/c27-23-13-24-22(12-21(23)25-11-10-20(14-31)33-25)26(29-16-28-24)30-18-6-8-19(9-7-18)32-15-17-4-2-1-3-5-17/h1-14,16H,15H2,(H,28,29,30). The van der Waals surface area contributed by atoms with E-state index in [-0.39, 0.29) is 17.1 Å². The Morgan fingerprint density at radius 3 is 2.55 bits per heavy atom. The molecule has 0 saturated heterocycles. The van der Waals surface area contributed by atoms with Gasteiger partial charge in [-0.1, -0.05) is 30.3 Å². The first kappa shape index (κ1) is 20.4. The van der Waals surface area contributed by atoms with Crippen molar-refractivity contribution in [3.63, 3.8) is 0 Å². The van der Waals surface area contributed by atoms with E-state index >= 15 is 0 Å². The van der Waals surface area contributed by atoms with E-state index in [1.807, 2.05) is 54.6 Å². The Bertz CT molecular complexity index is 1420. The van der Waals surface area contributed by atoms with E-state index in [2.05, 4.69) is 15.3 Å². The van der Waals surface area contributed by atoms with Crippen LogP contribution < -0.4 is 10.1 Å². The smallest absolute Gasteiger partial charge is 0.185 e. The number of aldehydes is 1. The summed E-state index contributed by atoms with van der Waals surface area (Å²) in [6.07, 6.45) is 1.95. The number of hydrogen-bond donors (Lipinski definition) is 1. The predicted octanol–water partition coefficient (Wildman–Crippen LogP) is 6.16. The molecule has 162 valence electrons. The summed E-state index contributed by atoms with van der Waals surface area (Å²) in [5.41, 5.74) is 2.54. The Morgan fingerprint density at radius 1 is 0.970 bits per heavy atom. The van der Waals surface area contributed by atoms with Crippen molar-refractivity contribution in [2.45, 2.75) is 6.61 Å². The molecule has 5 rings (SSSR count). The summed E-state index contributed by atoms with van der Waals surface area (Å²) in [4.78, 5) is 19.4. The van der Waals surface area contributed by atoms with Crippen LogP contribution in [0.2, 0.25) is 0 Å². The molecule has 0 spiro atoms. The van der Waals surface area contributed by atoms with Gasteiger partial charge in [0.15, 0.2) is 12.0 Å². The number of hydrogen-bond acceptors (Lipinski definition) is 6. The fraction of sp³-hybridized carbons (Fsp3) is 0.0385. The van der Waals surface area contributed by atoms with Gasteiger partial charge in [-0.3, -0.25) is 4.79 Å². The molecule has 0 aliphatic rings. The minimum absolute atomic E-state index is 0.127. The van der Waals surface area contributed by atoms with Crippen LogP contribution in [-0.4, -0.2) is 16.3 Å². The number of rotatable bonds is 7. The summed E-state index contributed by atoms with van der Waals surface area (Å²) < 4.78 is 25.9. The Balaban J connectivity index is 1.39. The van der Waals surface area contributed by atoms with Gasteiger partial charge in [0.1, 0.15) is 36.1 Å². The number of nitrogens with one attached hydrogen (secondary N) is 1. The van der Waals surface area contributed by atoms with Crippen molar-refractivity contribution in [2.75, 3.05) is 5.32 Å². The Morgan fingerprint density at radius 2 is 1.79 bits per heavy atom. The topological polar surface area (TPSA) is 77.2 Å². The van der Waals surface area contributed by atoms with Crippen LogP contribution in [0.3, 0.4) is 0 Å². The molecular formula is C26H18FN3O3. The van der Waals surface area contributed by atoms with Gasteiger partial charge in [0, 0.05) is 17.1 Å². The lowest BCUT2D eigenvalue weighted by Crippen LogP contribution is -1.98. The number of nitrogens with zero attached hydrogens (tertiary/aromatic N) is 2. The van der Waals surface area contributed by atoms with E-state index in [1.165, 1.54) is 18.5 Å². The van der Waals surface area contributed by atoms with Crippen LogP contribution in [0.1, 0.15) is 16.1 Å². The van der Waals surface area contributed by atoms with E-state index in [4.69, 9.17) is 9.15 Å². The van der Waals surface area contributed by atoms with Gasteiger partial charge in [-0.25, -0.2) is 14.4 Å². The van der Waals surface area contributed by atoms with Crippen molar-refractivity contribution in [1.82, 2.24) is 9.97 Å². The second kappa shape index (κ2) is 8.92. The van der Waals surface area contributed by atoms with Gasteiger partial charge in [-0.2, -0.15) is 0 Å². The number of halogens is 1. The van der Waals surface area contributed by atoms with Crippen molar-refractivity contribution in [3.05, 3.63) is 102 Å². The molecule has 0 fully saturated rings. The summed E-state index contributed by atoms with van der Waals surface area (Å²) >= 11 is 0. The number of furan rings is 1. The molecule has 0 bridgehead atoms. The third-order valence-electron chi connectivity index (χ3n) is 5.10. The SMILES string of the molecule is O=Cc1ccc(-c2cc3c(Nc4ccc(OCc5ccccc5)cc4)ncnc3cc2F)o1. The molecule has 0 aliphatic heterocycles. The van der Waals surface area contributed by atoms with Gasteiger partial charge in [0.05, 0.1) is 11.1 Å². The van der Waals surface area contributed by atoms with Gasteiger partial charge >= 0.3 is 0 Å². The van der Waals surface area contributed by atoms with Crippen LogP contribution >= 0.6 is 0 Å². The predicted molar refractivity (Wildman–Crippen MR) is 123 cm³/mol. The van der Waals surface area contributed by atoms with Crippen LogP contribution in [0.5, 0.6) is 5.75 Å². The summed E-state index contributed by atoms with van der Waals surface area (Å²) in [5, 5.41) is 3.86.